The summed E-state index contributed by atoms with van der Waals surface area (Å²) in [6, 6.07) is 0. The molecule has 0 saturated carbocycles. The molecule has 1 aliphatic heterocycles. The molecule has 5 nitrogen and oxygen atoms in total. The molecule has 2 N–H and O–H groups in total. The summed E-state index contributed by atoms with van der Waals surface area (Å²) in [5.74, 6) is -0.0804. The predicted molar refractivity (Wildman–Crippen MR) is 70.8 cm³/mol. The number of carbonyl (C=O) groups is 2. The first-order valence-corrected chi connectivity index (χ1v) is 6.28. The van der Waals surface area contributed by atoms with Crippen LogP contribution in [0.15, 0.2) is 23.9 Å². The van der Waals surface area contributed by atoms with E-state index in [1.807, 2.05) is 11.0 Å². The smallest absolute Gasteiger partial charge is 0.251 e. The summed E-state index contributed by atoms with van der Waals surface area (Å²) in [7, 11) is 1.61. The lowest BCUT2D eigenvalue weighted by Gasteiger charge is -2.21. The maximum absolute atomic E-state index is 11.7. The van der Waals surface area contributed by atoms with Gasteiger partial charge in [-0.3, -0.25) is 9.59 Å². The summed E-state index contributed by atoms with van der Waals surface area (Å²) < 4.78 is 0. The Kier molecular flexibility index (Phi) is 5.97. The Hall–Kier alpha value is -1.78. The van der Waals surface area contributed by atoms with Crippen molar-refractivity contribution in [1.82, 2.24) is 15.5 Å². The number of hydrogen-bond acceptors (Lipinski definition) is 3. The fourth-order valence-electron chi connectivity index (χ4n) is 1.56. The highest BCUT2D eigenvalue weighted by molar-refractivity contribution is 5.96. The maximum Gasteiger partial charge on any atom is 0.251 e. The quantitative estimate of drug-likeness (QED) is 0.672. The van der Waals surface area contributed by atoms with E-state index in [-0.39, 0.29) is 11.8 Å². The van der Waals surface area contributed by atoms with E-state index in [1.165, 1.54) is 0 Å². The van der Waals surface area contributed by atoms with E-state index < -0.39 is 0 Å². The number of carbonyl (C=O) groups excluding carboxylic acids is 2. The van der Waals surface area contributed by atoms with E-state index >= 15 is 0 Å². The van der Waals surface area contributed by atoms with Crippen molar-refractivity contribution in [2.24, 2.45) is 0 Å². The molecule has 0 aromatic rings. The Balaban J connectivity index is 2.37. The molecule has 0 spiro atoms. The van der Waals surface area contributed by atoms with Gasteiger partial charge >= 0.3 is 0 Å². The van der Waals surface area contributed by atoms with E-state index in [9.17, 15) is 9.59 Å². The van der Waals surface area contributed by atoms with Gasteiger partial charge in [-0.2, -0.15) is 0 Å². The van der Waals surface area contributed by atoms with Gasteiger partial charge in [-0.05, 0) is 12.5 Å². The highest BCUT2D eigenvalue weighted by Crippen LogP contribution is 2.06. The number of nitrogens with one attached hydrogen (secondary N) is 2. The SMILES string of the molecule is CCCCNC(=O)C1=CCN(CC(=O)NC)C=C1. The van der Waals surface area contributed by atoms with Gasteiger partial charge in [-0.1, -0.05) is 19.4 Å². The lowest BCUT2D eigenvalue weighted by atomic mass is 10.1. The number of hydrogen-bond donors (Lipinski definition) is 2. The van der Waals surface area contributed by atoms with Crippen LogP contribution in [-0.2, 0) is 9.59 Å². The maximum atomic E-state index is 11.7. The van der Waals surface area contributed by atoms with E-state index in [2.05, 4.69) is 17.6 Å². The summed E-state index contributed by atoms with van der Waals surface area (Å²) in [4.78, 5) is 24.8. The number of nitrogens with zero attached hydrogens (tertiary/aromatic N) is 1. The van der Waals surface area contributed by atoms with Gasteiger partial charge in [0, 0.05) is 31.9 Å². The van der Waals surface area contributed by atoms with Crippen LogP contribution in [0, 0.1) is 0 Å². The highest BCUT2D eigenvalue weighted by Gasteiger charge is 2.12. The van der Waals surface area contributed by atoms with Crippen LogP contribution in [0.5, 0.6) is 0 Å². The fourth-order valence-corrected chi connectivity index (χ4v) is 1.56. The molecule has 18 heavy (non-hydrogen) atoms. The van der Waals surface area contributed by atoms with Crippen LogP contribution in [0.25, 0.3) is 0 Å². The summed E-state index contributed by atoms with van der Waals surface area (Å²) in [5.41, 5.74) is 0.666. The second kappa shape index (κ2) is 7.53. The van der Waals surface area contributed by atoms with Crippen LogP contribution in [0.2, 0.25) is 0 Å². The van der Waals surface area contributed by atoms with Crippen molar-refractivity contribution in [2.75, 3.05) is 26.7 Å². The normalized spacial score (nSPS) is 14.1. The molecule has 1 rings (SSSR count). The van der Waals surface area contributed by atoms with E-state index in [1.54, 1.807) is 19.3 Å². The molecular weight excluding hydrogens is 230 g/mol. The van der Waals surface area contributed by atoms with Crippen molar-refractivity contribution in [3.8, 4) is 0 Å². The molecule has 0 bridgehead atoms. The minimum Gasteiger partial charge on any atom is -0.364 e. The molecule has 0 aliphatic carbocycles. The van der Waals surface area contributed by atoms with Gasteiger partial charge in [0.1, 0.15) is 0 Å². The molecule has 0 unspecified atom stereocenters. The van der Waals surface area contributed by atoms with Gasteiger partial charge in [0.2, 0.25) is 5.91 Å². The van der Waals surface area contributed by atoms with Gasteiger partial charge in [-0.25, -0.2) is 0 Å². The first-order chi connectivity index (χ1) is 8.67. The number of amides is 2. The van der Waals surface area contributed by atoms with Crippen molar-refractivity contribution in [2.45, 2.75) is 19.8 Å². The van der Waals surface area contributed by atoms with Crippen molar-refractivity contribution in [1.29, 1.82) is 0 Å². The lowest BCUT2D eigenvalue weighted by Crippen LogP contribution is -2.34. The Bertz CT molecular complexity index is 361. The summed E-state index contributed by atoms with van der Waals surface area (Å²) in [6.07, 6.45) is 7.42. The molecule has 100 valence electrons. The Labute approximate surface area is 108 Å². The molecule has 0 saturated heterocycles. The van der Waals surface area contributed by atoms with Crippen LogP contribution >= 0.6 is 0 Å². The molecule has 0 radical (unpaired) electrons. The van der Waals surface area contributed by atoms with Crippen LogP contribution < -0.4 is 10.6 Å². The first-order valence-electron chi connectivity index (χ1n) is 6.28. The molecule has 2 amide bonds. The summed E-state index contributed by atoms with van der Waals surface area (Å²) in [6.45, 7) is 3.69. The molecule has 0 atom stereocenters. The monoisotopic (exact) mass is 251 g/mol. The standard InChI is InChI=1S/C13H21N3O2/c1-3-4-7-15-13(18)11-5-8-16(9-6-11)10-12(17)14-2/h5-6,8H,3-4,7,9-10H2,1-2H3,(H,14,17)(H,15,18). The van der Waals surface area contributed by atoms with Crippen LogP contribution in [0.3, 0.4) is 0 Å². The summed E-state index contributed by atoms with van der Waals surface area (Å²) >= 11 is 0. The van der Waals surface area contributed by atoms with Crippen LogP contribution in [-0.4, -0.2) is 43.4 Å². The van der Waals surface area contributed by atoms with Crippen LogP contribution in [0.4, 0.5) is 0 Å². The largest absolute Gasteiger partial charge is 0.364 e. The van der Waals surface area contributed by atoms with Gasteiger partial charge in [0.15, 0.2) is 0 Å². The minimum absolute atomic E-state index is 0.0381. The van der Waals surface area contributed by atoms with Crippen molar-refractivity contribution in [3.05, 3.63) is 23.9 Å². The minimum atomic E-state index is -0.0423. The second-order valence-electron chi connectivity index (χ2n) is 4.19. The first kappa shape index (κ1) is 14.3. The fraction of sp³-hybridized carbons (Fsp3) is 0.538. The zero-order valence-electron chi connectivity index (χ0n) is 11.0. The number of rotatable bonds is 6. The van der Waals surface area contributed by atoms with Gasteiger partial charge in [-0.15, -0.1) is 0 Å². The Morgan fingerprint density at radius 2 is 2.22 bits per heavy atom. The molecular formula is C13H21N3O2. The molecule has 5 heteroatoms. The molecule has 1 aliphatic rings. The number of likely N-dealkylation sites (N-methyl/N-ethyl adjacent to an activating group) is 1. The van der Waals surface area contributed by atoms with E-state index in [0.717, 1.165) is 12.8 Å². The van der Waals surface area contributed by atoms with Crippen LogP contribution in [0.1, 0.15) is 19.8 Å². The molecule has 0 aromatic heterocycles. The Morgan fingerprint density at radius 1 is 1.44 bits per heavy atom. The molecule has 0 aromatic carbocycles. The molecule has 1 heterocycles. The van der Waals surface area contributed by atoms with Crippen molar-refractivity contribution >= 4 is 11.8 Å². The van der Waals surface area contributed by atoms with Crippen molar-refractivity contribution in [3.63, 3.8) is 0 Å². The average Bonchev–Trinajstić information content (AvgIpc) is 2.39. The predicted octanol–water partition coefficient (Wildman–Crippen LogP) is 0.404. The third kappa shape index (κ3) is 4.61. The van der Waals surface area contributed by atoms with Gasteiger partial charge < -0.3 is 15.5 Å². The van der Waals surface area contributed by atoms with Gasteiger partial charge in [0.25, 0.3) is 5.91 Å². The second-order valence-corrected chi connectivity index (χ2v) is 4.19. The third-order valence-electron chi connectivity index (χ3n) is 2.71. The average molecular weight is 251 g/mol. The third-order valence-corrected chi connectivity index (χ3v) is 2.71. The zero-order chi connectivity index (χ0) is 13.4. The van der Waals surface area contributed by atoms with E-state index in [0.29, 0.717) is 25.2 Å². The molecule has 0 fully saturated rings. The lowest BCUT2D eigenvalue weighted by molar-refractivity contribution is -0.121. The topological polar surface area (TPSA) is 61.4 Å². The van der Waals surface area contributed by atoms with Crippen molar-refractivity contribution < 1.29 is 9.59 Å². The summed E-state index contributed by atoms with van der Waals surface area (Å²) in [5, 5.41) is 5.43. The van der Waals surface area contributed by atoms with E-state index in [4.69, 9.17) is 0 Å². The Morgan fingerprint density at radius 3 is 2.78 bits per heavy atom. The highest BCUT2D eigenvalue weighted by atomic mass is 16.2. The number of unbranched alkanes of at least 4 members (excludes halogenated alkanes) is 1. The van der Waals surface area contributed by atoms with Gasteiger partial charge in [0.05, 0.1) is 6.54 Å². The zero-order valence-corrected chi connectivity index (χ0v) is 11.0.